The first-order valence-electron chi connectivity index (χ1n) is 7.34. The molecule has 0 bridgehead atoms. The zero-order valence-electron chi connectivity index (χ0n) is 16.1. The molecule has 0 radical (unpaired) electrons. The van der Waals surface area contributed by atoms with Gasteiger partial charge in [-0.2, -0.15) is 0 Å². The van der Waals surface area contributed by atoms with Crippen LogP contribution in [0.25, 0.3) is 0 Å². The van der Waals surface area contributed by atoms with Crippen LogP contribution in [0.1, 0.15) is 12.8 Å². The summed E-state index contributed by atoms with van der Waals surface area (Å²) in [5.74, 6) is -12.2. The molecule has 0 spiro atoms. The first-order valence-corrected chi connectivity index (χ1v) is 8.91. The molecule has 0 aromatic heterocycles. The molecular formula is C12H19O21P. The molecule has 2 unspecified atom stereocenters. The van der Waals surface area contributed by atoms with Crippen molar-refractivity contribution in [2.75, 3.05) is 0 Å². The minimum atomic E-state index is -4.64. The minimum absolute atomic E-state index is 1.14. The Hall–Kier alpha value is -3.72. The average molecular weight is 530 g/mol. The summed E-state index contributed by atoms with van der Waals surface area (Å²) in [4.78, 5) is 89.8. The molecule has 34 heavy (non-hydrogen) atoms. The van der Waals surface area contributed by atoms with Gasteiger partial charge in [0.1, 0.15) is 0 Å². The lowest BCUT2D eigenvalue weighted by Gasteiger charge is -2.18. The Bertz CT molecular complexity index is 739. The van der Waals surface area contributed by atoms with Gasteiger partial charge in [-0.15, -0.1) is 0 Å². The van der Waals surface area contributed by atoms with E-state index in [-0.39, 0.29) is 0 Å². The van der Waals surface area contributed by atoms with E-state index in [9.17, 15) is 24.0 Å². The zero-order valence-corrected chi connectivity index (χ0v) is 17.0. The third-order valence-electron chi connectivity index (χ3n) is 2.27. The fourth-order valence-corrected chi connectivity index (χ4v) is 0.984. The Labute approximate surface area is 185 Å². The normalized spacial score (nSPS) is 11.8. The molecule has 0 aliphatic rings. The highest BCUT2D eigenvalue weighted by Gasteiger charge is 2.40. The maximum atomic E-state index is 10.3. The van der Waals surface area contributed by atoms with Gasteiger partial charge < -0.3 is 65.7 Å². The Balaban J connectivity index is -0.000000189. The molecule has 2 atom stereocenters. The van der Waals surface area contributed by atoms with Crippen LogP contribution in [-0.4, -0.2) is 125 Å². The van der Waals surface area contributed by atoms with E-state index in [1.165, 1.54) is 0 Å². The van der Waals surface area contributed by atoms with Gasteiger partial charge in [-0.3, -0.25) is 9.59 Å². The van der Waals surface area contributed by atoms with Gasteiger partial charge in [0.25, 0.3) is 0 Å². The van der Waals surface area contributed by atoms with Crippen LogP contribution in [-0.2, 0) is 38.1 Å². The number of rotatable bonds is 8. The van der Waals surface area contributed by atoms with Crippen LogP contribution in [0.2, 0.25) is 0 Å². The summed E-state index contributed by atoms with van der Waals surface area (Å²) in [5, 5.41) is 81.1. The van der Waals surface area contributed by atoms with Crippen LogP contribution >= 0.6 is 7.82 Å². The third kappa shape index (κ3) is 26.3. The van der Waals surface area contributed by atoms with E-state index in [1.807, 2.05) is 0 Å². The van der Waals surface area contributed by atoms with Gasteiger partial charge in [0.15, 0.2) is 17.8 Å². The lowest BCUT2D eigenvalue weighted by atomic mass is 9.96. The number of aliphatic hydroxyl groups is 3. The number of carbonyl (C=O) groups is 7. The summed E-state index contributed by atoms with van der Waals surface area (Å²) >= 11 is 0. The topological polar surface area (TPSA) is 400 Å². The van der Waals surface area contributed by atoms with Crippen LogP contribution in [0.3, 0.4) is 0 Å². The summed E-state index contributed by atoms with van der Waals surface area (Å²) in [6.07, 6.45) is -6.82. The second-order valence-corrected chi connectivity index (χ2v) is 6.19. The van der Waals surface area contributed by atoms with Crippen LogP contribution in [0.4, 0.5) is 0 Å². The Morgan fingerprint density at radius 2 is 0.824 bits per heavy atom. The highest BCUT2D eigenvalue weighted by Crippen LogP contribution is 2.25. The van der Waals surface area contributed by atoms with Gasteiger partial charge >= 0.3 is 49.6 Å². The molecular weight excluding hydrogens is 511 g/mol. The lowest BCUT2D eigenvalue weighted by Crippen LogP contribution is -2.42. The van der Waals surface area contributed by atoms with Crippen molar-refractivity contribution >= 4 is 49.6 Å². The van der Waals surface area contributed by atoms with Crippen molar-refractivity contribution in [1.82, 2.24) is 0 Å². The number of carboxylic acids is 7. The Morgan fingerprint density at radius 1 is 0.618 bits per heavy atom. The predicted molar refractivity (Wildman–Crippen MR) is 93.9 cm³/mol. The van der Waals surface area contributed by atoms with Crippen LogP contribution in [0.5, 0.6) is 0 Å². The molecule has 0 heterocycles. The highest BCUT2D eigenvalue weighted by molar-refractivity contribution is 7.45. The van der Waals surface area contributed by atoms with E-state index >= 15 is 0 Å². The zero-order chi connectivity index (χ0) is 28.6. The molecule has 0 aromatic rings. The van der Waals surface area contributed by atoms with E-state index in [1.54, 1.807) is 0 Å². The van der Waals surface area contributed by atoms with E-state index in [2.05, 4.69) is 0 Å². The van der Waals surface area contributed by atoms with E-state index < -0.39 is 80.3 Å². The molecule has 0 amide bonds. The van der Waals surface area contributed by atoms with Crippen LogP contribution < -0.4 is 0 Å². The molecule has 0 aliphatic heterocycles. The van der Waals surface area contributed by atoms with Crippen molar-refractivity contribution in [2.24, 2.45) is 0 Å². The van der Waals surface area contributed by atoms with E-state index in [4.69, 9.17) is 79.9 Å². The second kappa shape index (κ2) is 16.8. The van der Waals surface area contributed by atoms with Gasteiger partial charge in [-0.25, -0.2) is 28.5 Å². The molecule has 0 saturated heterocycles. The van der Waals surface area contributed by atoms with Gasteiger partial charge in [-0.05, 0) is 0 Å². The largest absolute Gasteiger partial charge is 0.481 e. The summed E-state index contributed by atoms with van der Waals surface area (Å²) in [5.41, 5.74) is -2.74. The number of hydrogen-bond donors (Lipinski definition) is 13. The van der Waals surface area contributed by atoms with Crippen molar-refractivity contribution in [1.29, 1.82) is 0 Å². The molecule has 0 rings (SSSR count). The lowest BCUT2D eigenvalue weighted by molar-refractivity contribution is -0.170. The van der Waals surface area contributed by atoms with Crippen molar-refractivity contribution in [3.8, 4) is 0 Å². The first kappa shape index (κ1) is 37.6. The molecule has 13 N–H and O–H groups in total. The Kier molecular flexibility index (Phi) is 18.6. The fourth-order valence-electron chi connectivity index (χ4n) is 0.984. The van der Waals surface area contributed by atoms with Crippen molar-refractivity contribution in [2.45, 2.75) is 30.7 Å². The predicted octanol–water partition coefficient (Wildman–Crippen LogP) is -5.14. The number of aliphatic carboxylic acids is 7. The van der Waals surface area contributed by atoms with Crippen molar-refractivity contribution in [3.63, 3.8) is 0 Å². The van der Waals surface area contributed by atoms with E-state index in [0.717, 1.165) is 0 Å². The molecule has 21 nitrogen and oxygen atoms in total. The van der Waals surface area contributed by atoms with Crippen LogP contribution in [0.15, 0.2) is 0 Å². The van der Waals surface area contributed by atoms with Gasteiger partial charge in [0, 0.05) is 0 Å². The van der Waals surface area contributed by atoms with Crippen molar-refractivity contribution < 1.29 is 104 Å². The van der Waals surface area contributed by atoms with Gasteiger partial charge in [0.2, 0.25) is 0 Å². The number of carboxylic acid groups (broad SMARTS) is 7. The van der Waals surface area contributed by atoms with Crippen LogP contribution in [0, 0.1) is 0 Å². The minimum Gasteiger partial charge on any atom is -0.481 e. The maximum absolute atomic E-state index is 10.3. The molecule has 0 fully saturated rings. The average Bonchev–Trinajstić information content (AvgIpc) is 2.58. The molecule has 0 saturated carbocycles. The smallest absolute Gasteiger partial charge is 0.466 e. The molecule has 0 aromatic carbocycles. The molecule has 0 aliphatic carbocycles. The highest BCUT2D eigenvalue weighted by atomic mass is 31.2. The fraction of sp³-hybridized carbons (Fsp3) is 0.417. The molecule has 198 valence electrons. The second-order valence-electron chi connectivity index (χ2n) is 5.17. The maximum Gasteiger partial charge on any atom is 0.466 e. The number of hydrogen-bond acceptors (Lipinski definition) is 11. The number of phosphoric acid groups is 1. The summed E-state index contributed by atoms with van der Waals surface area (Å²) in [6.45, 7) is 0. The summed E-state index contributed by atoms with van der Waals surface area (Å²) < 4.78 is 8.88. The Morgan fingerprint density at radius 3 is 0.912 bits per heavy atom. The summed E-state index contributed by atoms with van der Waals surface area (Å²) in [6, 6.07) is 0. The summed E-state index contributed by atoms with van der Waals surface area (Å²) in [7, 11) is -4.64. The SMILES string of the molecule is O=C(O)C(=O)O.O=C(O)C(O)C(O)C(=O)O.O=C(O)CC(O)(CC(=O)O)C(=O)O.O=P(O)(O)O. The van der Waals surface area contributed by atoms with Crippen molar-refractivity contribution in [3.05, 3.63) is 0 Å². The number of aliphatic hydroxyl groups excluding tert-OH is 2. The standard InChI is InChI=1S/C6H8O7.C4H6O6.C2H2O4.H3O4P/c7-3(8)1-6(13,5(11)12)2-4(9)10;5-1(3(7)8)2(6)4(9)10;3-1(4)2(5)6;1-5(2,3)4/h13H,1-2H2,(H,7,8)(H,9,10)(H,11,12);1-2,5-6H,(H,7,8)(H,9,10);(H,3,4)(H,5,6);(H3,1,2,3,4). The van der Waals surface area contributed by atoms with Gasteiger partial charge in [0.05, 0.1) is 12.8 Å². The molecule has 22 heteroatoms. The first-order chi connectivity index (χ1) is 14.9. The van der Waals surface area contributed by atoms with Gasteiger partial charge in [-0.1, -0.05) is 0 Å². The monoisotopic (exact) mass is 530 g/mol. The van der Waals surface area contributed by atoms with E-state index in [0.29, 0.717) is 0 Å². The third-order valence-corrected chi connectivity index (χ3v) is 2.27. The quantitative estimate of drug-likeness (QED) is 0.103.